The zero-order valence-corrected chi connectivity index (χ0v) is 13.4. The number of benzene rings is 1. The number of aromatic nitrogens is 2. The molecule has 0 radical (unpaired) electrons. The quantitative estimate of drug-likeness (QED) is 0.925. The largest absolute Gasteiger partial charge is 0.313 e. The number of likely N-dealkylation sites (N-methyl/N-ethyl adjacent to an activating group) is 1. The van der Waals surface area contributed by atoms with Crippen LogP contribution in [0, 0.1) is 27.7 Å². The van der Waals surface area contributed by atoms with Crippen LogP contribution in [0.5, 0.6) is 0 Å². The molecule has 1 aromatic carbocycles. The second kappa shape index (κ2) is 5.80. The summed E-state index contributed by atoms with van der Waals surface area (Å²) in [5.41, 5.74) is 7.77. The molecular weight excluding hydrogens is 246 g/mol. The second-order valence-corrected chi connectivity index (χ2v) is 5.67. The lowest BCUT2D eigenvalue weighted by atomic mass is 9.95. The van der Waals surface area contributed by atoms with Gasteiger partial charge in [0.15, 0.2) is 0 Å². The Balaban J connectivity index is 2.31. The lowest BCUT2D eigenvalue weighted by Crippen LogP contribution is -2.20. The summed E-state index contributed by atoms with van der Waals surface area (Å²) in [6.07, 6.45) is 0.991. The molecule has 1 unspecified atom stereocenters. The van der Waals surface area contributed by atoms with E-state index in [1.165, 1.54) is 27.9 Å². The summed E-state index contributed by atoms with van der Waals surface area (Å²) in [7, 11) is 4.03. The van der Waals surface area contributed by atoms with Gasteiger partial charge in [0.25, 0.3) is 0 Å². The second-order valence-electron chi connectivity index (χ2n) is 5.67. The Labute approximate surface area is 122 Å². The third-order valence-corrected chi connectivity index (χ3v) is 4.27. The van der Waals surface area contributed by atoms with Crippen LogP contribution in [0.3, 0.4) is 0 Å². The van der Waals surface area contributed by atoms with E-state index in [9.17, 15) is 0 Å². The van der Waals surface area contributed by atoms with Crippen LogP contribution in [0.4, 0.5) is 0 Å². The summed E-state index contributed by atoms with van der Waals surface area (Å²) in [4.78, 5) is 0. The van der Waals surface area contributed by atoms with Gasteiger partial charge in [-0.2, -0.15) is 5.10 Å². The first-order valence-corrected chi connectivity index (χ1v) is 7.17. The lowest BCUT2D eigenvalue weighted by molar-refractivity contribution is 0.584. The van der Waals surface area contributed by atoms with Gasteiger partial charge in [-0.05, 0) is 57.9 Å². The Kier molecular flexibility index (Phi) is 4.29. The fraction of sp³-hybridized carbons (Fsp3) is 0.471. The molecule has 20 heavy (non-hydrogen) atoms. The minimum absolute atomic E-state index is 0.311. The summed E-state index contributed by atoms with van der Waals surface area (Å²) < 4.78 is 1.97. The molecule has 2 rings (SSSR count). The van der Waals surface area contributed by atoms with Crippen molar-refractivity contribution in [2.24, 2.45) is 7.05 Å². The van der Waals surface area contributed by atoms with Crippen molar-refractivity contribution in [3.8, 4) is 0 Å². The van der Waals surface area contributed by atoms with E-state index in [0.29, 0.717) is 6.04 Å². The van der Waals surface area contributed by atoms with Crippen molar-refractivity contribution in [2.45, 2.75) is 40.2 Å². The van der Waals surface area contributed by atoms with Crippen molar-refractivity contribution in [1.29, 1.82) is 0 Å². The molecule has 2 aromatic rings. The predicted molar refractivity (Wildman–Crippen MR) is 84.1 cm³/mol. The molecule has 3 heteroatoms. The maximum Gasteiger partial charge on any atom is 0.0644 e. The summed E-state index contributed by atoms with van der Waals surface area (Å²) in [6, 6.07) is 7.04. The number of aryl methyl sites for hydroxylation is 4. The highest BCUT2D eigenvalue weighted by molar-refractivity contribution is 5.34. The van der Waals surface area contributed by atoms with E-state index < -0.39 is 0 Å². The standard InChI is InChI=1S/C17H25N3/c1-11-7-8-15(9-12(11)2)10-16(18-5)17-13(3)19-20(6)14(17)4/h7-9,16,18H,10H2,1-6H3. The Morgan fingerprint density at radius 2 is 1.85 bits per heavy atom. The average molecular weight is 271 g/mol. The van der Waals surface area contributed by atoms with Crippen LogP contribution in [0.1, 0.15) is 39.7 Å². The average Bonchev–Trinajstić information content (AvgIpc) is 2.65. The van der Waals surface area contributed by atoms with Gasteiger partial charge in [0.2, 0.25) is 0 Å². The van der Waals surface area contributed by atoms with Gasteiger partial charge in [-0.15, -0.1) is 0 Å². The van der Waals surface area contributed by atoms with Gasteiger partial charge in [0.1, 0.15) is 0 Å². The fourth-order valence-corrected chi connectivity index (χ4v) is 2.81. The number of rotatable bonds is 4. The van der Waals surface area contributed by atoms with Gasteiger partial charge in [0, 0.05) is 24.3 Å². The topological polar surface area (TPSA) is 29.9 Å². The number of hydrogen-bond acceptors (Lipinski definition) is 2. The van der Waals surface area contributed by atoms with Crippen molar-refractivity contribution >= 4 is 0 Å². The van der Waals surface area contributed by atoms with Crippen molar-refractivity contribution in [2.75, 3.05) is 7.05 Å². The molecule has 0 amide bonds. The zero-order valence-electron chi connectivity index (χ0n) is 13.4. The smallest absolute Gasteiger partial charge is 0.0644 e. The molecule has 1 N–H and O–H groups in total. The molecule has 0 saturated heterocycles. The van der Waals surface area contributed by atoms with Crippen molar-refractivity contribution < 1.29 is 0 Å². The lowest BCUT2D eigenvalue weighted by Gasteiger charge is -2.18. The molecule has 0 saturated carbocycles. The third kappa shape index (κ3) is 2.78. The van der Waals surface area contributed by atoms with Gasteiger partial charge in [-0.1, -0.05) is 18.2 Å². The maximum absolute atomic E-state index is 4.53. The molecular formula is C17H25N3. The van der Waals surface area contributed by atoms with E-state index in [4.69, 9.17) is 0 Å². The first-order chi connectivity index (χ1) is 9.43. The Morgan fingerprint density at radius 3 is 2.35 bits per heavy atom. The molecule has 0 aliphatic heterocycles. The van der Waals surface area contributed by atoms with E-state index in [1.54, 1.807) is 0 Å². The monoisotopic (exact) mass is 271 g/mol. The minimum Gasteiger partial charge on any atom is -0.313 e. The van der Waals surface area contributed by atoms with Crippen molar-refractivity contribution in [3.63, 3.8) is 0 Å². The first kappa shape index (κ1) is 14.8. The molecule has 0 aliphatic rings. The molecule has 0 spiro atoms. The van der Waals surface area contributed by atoms with Gasteiger partial charge in [-0.3, -0.25) is 4.68 Å². The van der Waals surface area contributed by atoms with Crippen LogP contribution >= 0.6 is 0 Å². The van der Waals surface area contributed by atoms with Crippen LogP contribution in [-0.2, 0) is 13.5 Å². The van der Waals surface area contributed by atoms with Crippen molar-refractivity contribution in [3.05, 3.63) is 51.8 Å². The number of nitrogens with zero attached hydrogens (tertiary/aromatic N) is 2. The summed E-state index contributed by atoms with van der Waals surface area (Å²) >= 11 is 0. The minimum atomic E-state index is 0.311. The maximum atomic E-state index is 4.53. The molecule has 1 heterocycles. The van der Waals surface area contributed by atoms with Gasteiger partial charge in [-0.25, -0.2) is 0 Å². The van der Waals surface area contributed by atoms with Crippen LogP contribution in [0.15, 0.2) is 18.2 Å². The highest BCUT2D eigenvalue weighted by Gasteiger charge is 2.19. The molecule has 3 nitrogen and oxygen atoms in total. The van der Waals surface area contributed by atoms with E-state index in [1.807, 2.05) is 18.8 Å². The van der Waals surface area contributed by atoms with E-state index in [-0.39, 0.29) is 0 Å². The molecule has 1 atom stereocenters. The fourth-order valence-electron chi connectivity index (χ4n) is 2.81. The molecule has 0 bridgehead atoms. The van der Waals surface area contributed by atoms with E-state index >= 15 is 0 Å². The van der Waals surface area contributed by atoms with Crippen LogP contribution in [0.2, 0.25) is 0 Å². The molecule has 1 aromatic heterocycles. The third-order valence-electron chi connectivity index (χ3n) is 4.27. The predicted octanol–water partition coefficient (Wildman–Crippen LogP) is 3.16. The van der Waals surface area contributed by atoms with Crippen LogP contribution in [-0.4, -0.2) is 16.8 Å². The number of hydrogen-bond donors (Lipinski definition) is 1. The Morgan fingerprint density at radius 1 is 1.15 bits per heavy atom. The number of nitrogens with one attached hydrogen (secondary N) is 1. The van der Waals surface area contributed by atoms with Gasteiger partial charge >= 0.3 is 0 Å². The first-order valence-electron chi connectivity index (χ1n) is 7.17. The molecule has 0 fully saturated rings. The summed E-state index contributed by atoms with van der Waals surface area (Å²) in [6.45, 7) is 8.56. The van der Waals surface area contributed by atoms with E-state index in [0.717, 1.165) is 12.1 Å². The van der Waals surface area contributed by atoms with Gasteiger partial charge in [0.05, 0.1) is 5.69 Å². The SMILES string of the molecule is CNC(Cc1ccc(C)c(C)c1)c1c(C)nn(C)c1C. The highest BCUT2D eigenvalue weighted by atomic mass is 15.3. The van der Waals surface area contributed by atoms with Gasteiger partial charge < -0.3 is 5.32 Å². The summed E-state index contributed by atoms with van der Waals surface area (Å²) in [5, 5.41) is 7.97. The Bertz CT molecular complexity index is 611. The van der Waals surface area contributed by atoms with Crippen LogP contribution in [0.25, 0.3) is 0 Å². The molecule has 0 aliphatic carbocycles. The normalized spacial score (nSPS) is 12.7. The van der Waals surface area contributed by atoms with Crippen LogP contribution < -0.4 is 5.32 Å². The summed E-state index contributed by atoms with van der Waals surface area (Å²) in [5.74, 6) is 0. The highest BCUT2D eigenvalue weighted by Crippen LogP contribution is 2.25. The van der Waals surface area contributed by atoms with Crippen molar-refractivity contribution in [1.82, 2.24) is 15.1 Å². The Hall–Kier alpha value is -1.61. The zero-order chi connectivity index (χ0) is 14.9. The molecule has 108 valence electrons. The van der Waals surface area contributed by atoms with E-state index in [2.05, 4.69) is 56.3 Å².